The SMILES string of the molecule is Cc1ccc2c(=O)n(-c3cnc(CC(=O)CCc4ccc(Cl)s4)cn3)c(=O)[nH]c2c1. The molecule has 3 heterocycles. The molecule has 0 saturated heterocycles. The van der Waals surface area contributed by atoms with Gasteiger partial charge < -0.3 is 4.98 Å². The molecule has 0 atom stereocenters. The third-order valence-corrected chi connectivity index (χ3v) is 5.92. The summed E-state index contributed by atoms with van der Waals surface area (Å²) in [4.78, 5) is 49.6. The molecule has 7 nitrogen and oxygen atoms in total. The smallest absolute Gasteiger partial charge is 0.306 e. The highest BCUT2D eigenvalue weighted by Crippen LogP contribution is 2.22. The van der Waals surface area contributed by atoms with Crippen molar-refractivity contribution in [2.75, 3.05) is 0 Å². The highest BCUT2D eigenvalue weighted by Gasteiger charge is 2.12. The van der Waals surface area contributed by atoms with Crippen LogP contribution in [0.3, 0.4) is 0 Å². The van der Waals surface area contributed by atoms with Crippen molar-refractivity contribution < 1.29 is 4.79 Å². The predicted molar refractivity (Wildman–Crippen MR) is 117 cm³/mol. The zero-order valence-electron chi connectivity index (χ0n) is 16.0. The Morgan fingerprint density at radius 1 is 1.17 bits per heavy atom. The molecular weight excluding hydrogens is 424 g/mol. The van der Waals surface area contributed by atoms with Gasteiger partial charge in [0.2, 0.25) is 0 Å². The van der Waals surface area contributed by atoms with Crippen LogP contribution in [0.5, 0.6) is 0 Å². The van der Waals surface area contributed by atoms with E-state index in [9.17, 15) is 14.4 Å². The third kappa shape index (κ3) is 4.24. The van der Waals surface area contributed by atoms with Crippen molar-refractivity contribution in [3.8, 4) is 5.82 Å². The predicted octanol–water partition coefficient (Wildman–Crippen LogP) is 3.24. The maximum atomic E-state index is 12.8. The van der Waals surface area contributed by atoms with Crippen molar-refractivity contribution in [1.29, 1.82) is 0 Å². The quantitative estimate of drug-likeness (QED) is 0.496. The molecule has 3 aromatic heterocycles. The van der Waals surface area contributed by atoms with Crippen molar-refractivity contribution in [2.24, 2.45) is 0 Å². The van der Waals surface area contributed by atoms with Gasteiger partial charge in [-0.25, -0.2) is 14.3 Å². The van der Waals surface area contributed by atoms with Crippen molar-refractivity contribution in [1.82, 2.24) is 19.5 Å². The van der Waals surface area contributed by atoms with E-state index in [1.807, 2.05) is 19.1 Å². The van der Waals surface area contributed by atoms with E-state index >= 15 is 0 Å². The number of hydrogen-bond acceptors (Lipinski definition) is 6. The number of fused-ring (bicyclic) bond motifs is 1. The fourth-order valence-corrected chi connectivity index (χ4v) is 4.22. The van der Waals surface area contributed by atoms with Crippen molar-refractivity contribution >= 4 is 39.6 Å². The van der Waals surface area contributed by atoms with Gasteiger partial charge in [0.1, 0.15) is 5.78 Å². The van der Waals surface area contributed by atoms with Crippen LogP contribution in [0.15, 0.2) is 52.3 Å². The van der Waals surface area contributed by atoms with Crippen LogP contribution in [-0.2, 0) is 17.6 Å². The number of aryl methyl sites for hydroxylation is 2. The second kappa shape index (κ2) is 8.33. The van der Waals surface area contributed by atoms with Crippen molar-refractivity contribution in [3.05, 3.63) is 84.0 Å². The molecule has 0 saturated carbocycles. The summed E-state index contributed by atoms with van der Waals surface area (Å²) in [6.45, 7) is 1.88. The Kier molecular flexibility index (Phi) is 5.61. The lowest BCUT2D eigenvalue weighted by Crippen LogP contribution is -2.34. The number of aromatic nitrogens is 4. The molecule has 30 heavy (non-hydrogen) atoms. The number of hydrogen-bond donors (Lipinski definition) is 1. The lowest BCUT2D eigenvalue weighted by Gasteiger charge is -2.07. The Morgan fingerprint density at radius 2 is 2.00 bits per heavy atom. The van der Waals surface area contributed by atoms with Gasteiger partial charge in [-0.3, -0.25) is 14.6 Å². The summed E-state index contributed by atoms with van der Waals surface area (Å²) >= 11 is 7.36. The number of benzene rings is 1. The van der Waals surface area contributed by atoms with E-state index in [0.29, 0.717) is 33.8 Å². The van der Waals surface area contributed by atoms with Crippen LogP contribution in [0, 0.1) is 6.92 Å². The summed E-state index contributed by atoms with van der Waals surface area (Å²) in [5, 5.41) is 0.384. The summed E-state index contributed by atoms with van der Waals surface area (Å²) in [6.07, 6.45) is 3.89. The first-order valence-corrected chi connectivity index (χ1v) is 10.4. The van der Waals surface area contributed by atoms with Gasteiger partial charge in [0.15, 0.2) is 5.82 Å². The Bertz CT molecular complexity index is 1360. The molecule has 0 fully saturated rings. The fourth-order valence-electron chi connectivity index (χ4n) is 3.13. The molecule has 0 amide bonds. The first kappa shape index (κ1) is 20.2. The topological polar surface area (TPSA) is 97.7 Å². The van der Waals surface area contributed by atoms with Crippen molar-refractivity contribution in [3.63, 3.8) is 0 Å². The molecule has 1 N–H and O–H groups in total. The Balaban J connectivity index is 1.52. The van der Waals surface area contributed by atoms with Gasteiger partial charge in [-0.2, -0.15) is 0 Å². The number of rotatable bonds is 6. The summed E-state index contributed by atoms with van der Waals surface area (Å²) in [7, 11) is 0. The molecule has 9 heteroatoms. The fraction of sp³-hybridized carbons (Fsp3) is 0.190. The van der Waals surface area contributed by atoms with Crippen LogP contribution in [-0.4, -0.2) is 25.3 Å². The van der Waals surface area contributed by atoms with Gasteiger partial charge in [-0.1, -0.05) is 17.7 Å². The number of carbonyl (C=O) groups excluding carboxylic acids is 1. The van der Waals surface area contributed by atoms with Crippen LogP contribution in [0.2, 0.25) is 4.34 Å². The number of carbonyl (C=O) groups is 1. The molecule has 1 aromatic carbocycles. The van der Waals surface area contributed by atoms with Crippen LogP contribution in [0.25, 0.3) is 16.7 Å². The molecule has 4 rings (SSSR count). The second-order valence-electron chi connectivity index (χ2n) is 6.91. The number of nitrogens with one attached hydrogen (secondary N) is 1. The Labute approximate surface area is 180 Å². The number of halogens is 1. The normalized spacial score (nSPS) is 11.1. The highest BCUT2D eigenvalue weighted by atomic mass is 35.5. The average molecular weight is 441 g/mol. The summed E-state index contributed by atoms with van der Waals surface area (Å²) < 4.78 is 1.64. The summed E-state index contributed by atoms with van der Waals surface area (Å²) in [5.41, 5.74) is 0.830. The van der Waals surface area contributed by atoms with E-state index in [2.05, 4.69) is 15.0 Å². The zero-order valence-corrected chi connectivity index (χ0v) is 17.6. The van der Waals surface area contributed by atoms with Crippen LogP contribution in [0.4, 0.5) is 0 Å². The highest BCUT2D eigenvalue weighted by molar-refractivity contribution is 7.16. The van der Waals surface area contributed by atoms with Gasteiger partial charge >= 0.3 is 5.69 Å². The third-order valence-electron chi connectivity index (χ3n) is 4.63. The van der Waals surface area contributed by atoms with Crippen LogP contribution in [0.1, 0.15) is 22.6 Å². The molecule has 0 radical (unpaired) electrons. The maximum Gasteiger partial charge on any atom is 0.334 e. The minimum Gasteiger partial charge on any atom is -0.306 e. The largest absolute Gasteiger partial charge is 0.334 e. The molecule has 0 unspecified atom stereocenters. The molecule has 0 spiro atoms. The van der Waals surface area contributed by atoms with Crippen LogP contribution < -0.4 is 11.2 Å². The van der Waals surface area contributed by atoms with Gasteiger partial charge in [-0.15, -0.1) is 11.3 Å². The van der Waals surface area contributed by atoms with Gasteiger partial charge in [0.05, 0.1) is 39.7 Å². The molecule has 0 bridgehead atoms. The number of nitrogens with zero attached hydrogens (tertiary/aromatic N) is 3. The minimum atomic E-state index is -0.592. The summed E-state index contributed by atoms with van der Waals surface area (Å²) in [5.74, 6) is 0.130. The standard InChI is InChI=1S/C21H17ClN4O3S/c1-12-2-6-16-17(8-12)25-21(29)26(20(16)28)19-11-23-13(10-24-19)9-14(27)3-4-15-5-7-18(22)30-15/h2,5-8,10-11H,3-4,9H2,1H3,(H,25,29). The van der Waals surface area contributed by atoms with Gasteiger partial charge in [0.25, 0.3) is 5.56 Å². The first-order valence-electron chi connectivity index (χ1n) is 9.23. The monoisotopic (exact) mass is 440 g/mol. The second-order valence-corrected chi connectivity index (χ2v) is 8.71. The molecule has 0 aliphatic rings. The lowest BCUT2D eigenvalue weighted by atomic mass is 10.1. The van der Waals surface area contributed by atoms with E-state index in [4.69, 9.17) is 11.6 Å². The molecule has 152 valence electrons. The van der Waals surface area contributed by atoms with Crippen LogP contribution >= 0.6 is 22.9 Å². The number of thiophene rings is 1. The number of H-pyrrole nitrogens is 1. The Hall–Kier alpha value is -3.10. The first-order chi connectivity index (χ1) is 14.4. The van der Waals surface area contributed by atoms with E-state index < -0.39 is 11.2 Å². The average Bonchev–Trinajstić information content (AvgIpc) is 3.12. The van der Waals surface area contributed by atoms with E-state index in [1.165, 1.54) is 23.7 Å². The number of ketones is 1. The van der Waals surface area contributed by atoms with Gasteiger partial charge in [-0.05, 0) is 43.2 Å². The maximum absolute atomic E-state index is 12.8. The zero-order chi connectivity index (χ0) is 21.3. The Morgan fingerprint density at radius 3 is 2.70 bits per heavy atom. The molecule has 0 aliphatic heterocycles. The van der Waals surface area contributed by atoms with E-state index in [1.54, 1.807) is 18.2 Å². The molecule has 0 aliphatic carbocycles. The molecular formula is C21H17ClN4O3S. The van der Waals surface area contributed by atoms with E-state index in [0.717, 1.165) is 15.0 Å². The van der Waals surface area contributed by atoms with Gasteiger partial charge in [0, 0.05) is 11.3 Å². The lowest BCUT2D eigenvalue weighted by molar-refractivity contribution is -0.118. The summed E-state index contributed by atoms with van der Waals surface area (Å²) in [6, 6.07) is 8.94. The number of aromatic amines is 1. The minimum absolute atomic E-state index is 0.0256. The number of Topliss-reactive ketones (excluding diaryl/α,β-unsaturated/α-hetero) is 1. The van der Waals surface area contributed by atoms with Crippen molar-refractivity contribution in [2.45, 2.75) is 26.2 Å². The van der Waals surface area contributed by atoms with E-state index in [-0.39, 0.29) is 18.0 Å². The molecule has 4 aromatic rings.